The molecule has 7 aromatic carbocycles. The van der Waals surface area contributed by atoms with Gasteiger partial charge in [-0.05, 0) is 80.9 Å². The number of phenolic OH excluding ortho intramolecular Hbond substituents is 2. The van der Waals surface area contributed by atoms with Crippen LogP contribution in [0, 0.1) is 0 Å². The molecule has 0 saturated carbocycles. The molecule has 9 rings (SSSR count). The second kappa shape index (κ2) is 13.0. The molecule has 0 fully saturated rings. The van der Waals surface area contributed by atoms with Gasteiger partial charge in [0.15, 0.2) is 0 Å². The highest BCUT2D eigenvalue weighted by molar-refractivity contribution is 6.13. The first kappa shape index (κ1) is 31.0. The summed E-state index contributed by atoms with van der Waals surface area (Å²) in [5, 5.41) is 24.5. The number of hydrogen-bond donors (Lipinski definition) is 2. The number of benzene rings is 7. The summed E-state index contributed by atoms with van der Waals surface area (Å²) in [6.07, 6.45) is 0. The fourth-order valence-electron chi connectivity index (χ4n) is 7.07. The molecule has 0 radical (unpaired) electrons. The van der Waals surface area contributed by atoms with Crippen LogP contribution in [0.5, 0.6) is 11.5 Å². The molecule has 4 heteroatoms. The predicted molar refractivity (Wildman–Crippen MR) is 213 cm³/mol. The zero-order chi connectivity index (χ0) is 35.0. The molecule has 4 nitrogen and oxygen atoms in total. The minimum Gasteiger partial charge on any atom is -0.507 e. The van der Waals surface area contributed by atoms with Gasteiger partial charge in [-0.1, -0.05) is 146 Å². The van der Waals surface area contributed by atoms with E-state index >= 15 is 0 Å². The summed E-state index contributed by atoms with van der Waals surface area (Å²) in [5.74, 6) is 0.291. The van der Waals surface area contributed by atoms with E-state index in [-0.39, 0.29) is 11.5 Å². The van der Waals surface area contributed by atoms with Crippen LogP contribution < -0.4 is 0 Å². The molecule has 2 N–H and O–H groups in total. The van der Waals surface area contributed by atoms with E-state index in [0.29, 0.717) is 33.5 Å². The van der Waals surface area contributed by atoms with Crippen LogP contribution in [0.1, 0.15) is 0 Å². The SMILES string of the molecule is Oc1ccc(-c2ccccc2)cc1-c1cc(-c2ccccc2)c2ccc3c(-c4ccccc4)cc(-c4cc(-c5ccccc5)ccc4O)nc3c2n1. The summed E-state index contributed by atoms with van der Waals surface area (Å²) in [5.41, 5.74) is 12.0. The number of pyridine rings is 2. The van der Waals surface area contributed by atoms with Gasteiger partial charge in [-0.2, -0.15) is 0 Å². The lowest BCUT2D eigenvalue weighted by Crippen LogP contribution is -1.96. The number of hydrogen-bond acceptors (Lipinski definition) is 4. The van der Waals surface area contributed by atoms with Crippen LogP contribution in [-0.4, -0.2) is 20.2 Å². The van der Waals surface area contributed by atoms with Crippen molar-refractivity contribution in [1.82, 2.24) is 9.97 Å². The normalized spacial score (nSPS) is 11.2. The average Bonchev–Trinajstić information content (AvgIpc) is 3.21. The van der Waals surface area contributed by atoms with Crippen molar-refractivity contribution in [2.24, 2.45) is 0 Å². The average molecular weight is 669 g/mol. The Balaban J connectivity index is 1.36. The summed E-state index contributed by atoms with van der Waals surface area (Å²) in [7, 11) is 0. The molecule has 0 aliphatic heterocycles. The molecule has 9 aromatic rings. The molecular formula is C48H32N2O2. The minimum absolute atomic E-state index is 0.145. The molecule has 2 aromatic heterocycles. The quantitative estimate of drug-likeness (QED) is 0.173. The summed E-state index contributed by atoms with van der Waals surface area (Å²) in [4.78, 5) is 10.7. The van der Waals surface area contributed by atoms with Crippen molar-refractivity contribution in [3.63, 3.8) is 0 Å². The van der Waals surface area contributed by atoms with E-state index in [4.69, 9.17) is 9.97 Å². The maximum absolute atomic E-state index is 11.3. The molecule has 0 spiro atoms. The van der Waals surface area contributed by atoms with Crippen molar-refractivity contribution < 1.29 is 10.2 Å². The summed E-state index contributed by atoms with van der Waals surface area (Å²) in [6.45, 7) is 0. The highest BCUT2D eigenvalue weighted by Crippen LogP contribution is 2.42. The van der Waals surface area contributed by atoms with E-state index in [0.717, 1.165) is 55.3 Å². The number of rotatable bonds is 6. The molecule has 0 amide bonds. The highest BCUT2D eigenvalue weighted by Gasteiger charge is 2.19. The van der Waals surface area contributed by atoms with Crippen LogP contribution in [0.2, 0.25) is 0 Å². The molecule has 0 aliphatic carbocycles. The zero-order valence-corrected chi connectivity index (χ0v) is 28.1. The lowest BCUT2D eigenvalue weighted by atomic mass is 9.93. The molecule has 0 atom stereocenters. The van der Waals surface area contributed by atoms with Crippen molar-refractivity contribution in [3.8, 4) is 78.5 Å². The first-order chi connectivity index (χ1) is 25.6. The number of fused-ring (bicyclic) bond motifs is 3. The van der Waals surface area contributed by atoms with E-state index in [1.54, 1.807) is 12.1 Å². The van der Waals surface area contributed by atoms with Crippen LogP contribution in [0.25, 0.3) is 88.8 Å². The van der Waals surface area contributed by atoms with Crippen molar-refractivity contribution in [3.05, 3.63) is 182 Å². The third kappa shape index (κ3) is 5.62. The Labute approximate surface area is 301 Å². The van der Waals surface area contributed by atoms with Gasteiger partial charge < -0.3 is 10.2 Å². The van der Waals surface area contributed by atoms with Crippen molar-refractivity contribution in [1.29, 1.82) is 0 Å². The lowest BCUT2D eigenvalue weighted by Gasteiger charge is -2.16. The third-order valence-electron chi connectivity index (χ3n) is 9.69. The predicted octanol–water partition coefficient (Wildman–Crippen LogP) is 12.2. The van der Waals surface area contributed by atoms with Gasteiger partial charge in [-0.3, -0.25) is 0 Å². The van der Waals surface area contributed by atoms with Crippen LogP contribution in [0.15, 0.2) is 182 Å². The highest BCUT2D eigenvalue weighted by atomic mass is 16.3. The monoisotopic (exact) mass is 668 g/mol. The first-order valence-electron chi connectivity index (χ1n) is 17.3. The topological polar surface area (TPSA) is 66.2 Å². The minimum atomic E-state index is 0.145. The standard InChI is InChI=1S/C48H32N2O2/c51-45-25-21-35(31-13-5-1-6-14-31)27-41(45)43-29-39(33-17-9-3-10-18-33)37-23-24-38-40(34-19-11-4-12-20-34)30-44(50-48(38)47(37)49-43)42-28-36(22-26-46(42)52)32-15-7-2-8-16-32/h1-30,51-52H. The van der Waals surface area contributed by atoms with Crippen LogP contribution in [-0.2, 0) is 0 Å². The van der Waals surface area contributed by atoms with Crippen molar-refractivity contribution in [2.75, 3.05) is 0 Å². The largest absolute Gasteiger partial charge is 0.507 e. The number of nitrogens with zero attached hydrogens (tertiary/aromatic N) is 2. The van der Waals surface area contributed by atoms with Gasteiger partial charge >= 0.3 is 0 Å². The summed E-state index contributed by atoms with van der Waals surface area (Å²) < 4.78 is 0. The van der Waals surface area contributed by atoms with Gasteiger partial charge in [0.05, 0.1) is 22.4 Å². The van der Waals surface area contributed by atoms with Gasteiger partial charge in [-0.25, -0.2) is 9.97 Å². The van der Waals surface area contributed by atoms with Gasteiger partial charge in [-0.15, -0.1) is 0 Å². The fourth-order valence-corrected chi connectivity index (χ4v) is 7.07. The fraction of sp³-hybridized carbons (Fsp3) is 0. The van der Waals surface area contributed by atoms with Gasteiger partial charge in [0, 0.05) is 21.9 Å². The zero-order valence-electron chi connectivity index (χ0n) is 28.1. The van der Waals surface area contributed by atoms with Gasteiger partial charge in [0.25, 0.3) is 0 Å². The number of aromatic nitrogens is 2. The molecular weight excluding hydrogens is 637 g/mol. The Hall–Kier alpha value is -7.04. The van der Waals surface area contributed by atoms with E-state index in [9.17, 15) is 10.2 Å². The maximum atomic E-state index is 11.3. The molecule has 52 heavy (non-hydrogen) atoms. The lowest BCUT2D eigenvalue weighted by molar-refractivity contribution is 0.476. The third-order valence-corrected chi connectivity index (χ3v) is 9.69. The summed E-state index contributed by atoms with van der Waals surface area (Å²) in [6, 6.07) is 60.5. The summed E-state index contributed by atoms with van der Waals surface area (Å²) >= 11 is 0. The van der Waals surface area contributed by atoms with E-state index < -0.39 is 0 Å². The second-order valence-electron chi connectivity index (χ2n) is 12.9. The van der Waals surface area contributed by atoms with Crippen LogP contribution in [0.3, 0.4) is 0 Å². The number of phenols is 2. The van der Waals surface area contributed by atoms with Crippen LogP contribution >= 0.6 is 0 Å². The molecule has 0 saturated heterocycles. The molecule has 2 heterocycles. The van der Waals surface area contributed by atoms with Crippen molar-refractivity contribution in [2.45, 2.75) is 0 Å². The number of aromatic hydroxyl groups is 2. The van der Waals surface area contributed by atoms with E-state index in [2.05, 4.69) is 72.8 Å². The van der Waals surface area contributed by atoms with Gasteiger partial charge in [0.2, 0.25) is 0 Å². The Bertz CT molecular complexity index is 2540. The second-order valence-corrected chi connectivity index (χ2v) is 12.9. The smallest absolute Gasteiger partial charge is 0.125 e. The molecule has 246 valence electrons. The van der Waals surface area contributed by atoms with Crippen molar-refractivity contribution >= 4 is 21.8 Å². The Morgan fingerprint density at radius 2 is 0.635 bits per heavy atom. The van der Waals surface area contributed by atoms with Crippen LogP contribution in [0.4, 0.5) is 0 Å². The van der Waals surface area contributed by atoms with E-state index in [1.807, 2.05) is 97.1 Å². The Kier molecular flexibility index (Phi) is 7.75. The maximum Gasteiger partial charge on any atom is 0.125 e. The Morgan fingerprint density at radius 1 is 0.288 bits per heavy atom. The van der Waals surface area contributed by atoms with E-state index in [1.165, 1.54) is 0 Å². The Morgan fingerprint density at radius 3 is 1.00 bits per heavy atom. The molecule has 0 bridgehead atoms. The first-order valence-corrected chi connectivity index (χ1v) is 17.3. The molecule has 0 aliphatic rings. The van der Waals surface area contributed by atoms with Gasteiger partial charge in [0.1, 0.15) is 11.5 Å². The molecule has 0 unspecified atom stereocenters.